The molecule has 27 heavy (non-hydrogen) atoms. The number of primary amides is 1. The smallest absolute Gasteiger partial charge is 0.309 e. The van der Waals surface area contributed by atoms with E-state index >= 15 is 0 Å². The fraction of sp³-hybridized carbons (Fsp3) is 0.857. The van der Waals surface area contributed by atoms with Crippen molar-refractivity contribution in [3.8, 4) is 0 Å². The van der Waals surface area contributed by atoms with Crippen molar-refractivity contribution >= 4 is 17.7 Å². The number of amides is 3. The van der Waals surface area contributed by atoms with Crippen molar-refractivity contribution in [1.29, 1.82) is 0 Å². The second-order valence-corrected chi connectivity index (χ2v) is 7.39. The van der Waals surface area contributed by atoms with Crippen molar-refractivity contribution < 1.29 is 14.4 Å². The molecule has 0 atom stereocenters. The van der Waals surface area contributed by atoms with Crippen LogP contribution in [0.5, 0.6) is 0 Å². The van der Waals surface area contributed by atoms with Crippen LogP contribution in [0.15, 0.2) is 0 Å². The summed E-state index contributed by atoms with van der Waals surface area (Å²) in [5.74, 6) is -1.31. The van der Waals surface area contributed by atoms with Gasteiger partial charge < -0.3 is 16.4 Å². The van der Waals surface area contributed by atoms with Crippen molar-refractivity contribution in [3.63, 3.8) is 0 Å². The van der Waals surface area contributed by atoms with Crippen molar-refractivity contribution in [2.45, 2.75) is 98.3 Å². The fourth-order valence-electron chi connectivity index (χ4n) is 2.14. The summed E-state index contributed by atoms with van der Waals surface area (Å²) in [7, 11) is 0. The van der Waals surface area contributed by atoms with Crippen LogP contribution >= 0.6 is 0 Å². The van der Waals surface area contributed by atoms with E-state index in [-0.39, 0.29) is 6.54 Å². The third-order valence-corrected chi connectivity index (χ3v) is 4.26. The SMILES string of the molecule is CCC(C)C.CCCCCCCCCCCCNC(=O)C(=O)NCC(N)=O. The Bertz CT molecular complexity index is 385. The van der Waals surface area contributed by atoms with Crippen molar-refractivity contribution in [2.24, 2.45) is 11.7 Å². The average Bonchev–Trinajstić information content (AvgIpc) is 2.64. The first-order chi connectivity index (χ1) is 12.8. The number of hydrogen-bond donors (Lipinski definition) is 3. The van der Waals surface area contributed by atoms with Gasteiger partial charge in [-0.3, -0.25) is 14.4 Å². The first-order valence-electron chi connectivity index (χ1n) is 10.7. The molecule has 0 rings (SSSR count). The van der Waals surface area contributed by atoms with Gasteiger partial charge in [0.25, 0.3) is 0 Å². The molecule has 6 heteroatoms. The lowest BCUT2D eigenvalue weighted by atomic mass is 10.1. The van der Waals surface area contributed by atoms with Gasteiger partial charge in [-0.2, -0.15) is 0 Å². The van der Waals surface area contributed by atoms with E-state index in [0.717, 1.165) is 25.2 Å². The van der Waals surface area contributed by atoms with E-state index in [2.05, 4.69) is 38.3 Å². The highest BCUT2D eigenvalue weighted by Crippen LogP contribution is 2.10. The number of nitrogens with one attached hydrogen (secondary N) is 2. The van der Waals surface area contributed by atoms with Crippen LogP contribution in [0, 0.1) is 5.92 Å². The highest BCUT2D eigenvalue weighted by molar-refractivity contribution is 6.35. The van der Waals surface area contributed by atoms with E-state index in [1.165, 1.54) is 51.4 Å². The van der Waals surface area contributed by atoms with Gasteiger partial charge >= 0.3 is 11.8 Å². The average molecular weight is 386 g/mol. The molecule has 0 bridgehead atoms. The quantitative estimate of drug-likeness (QED) is 0.314. The zero-order chi connectivity index (χ0) is 20.9. The molecule has 3 amide bonds. The lowest BCUT2D eigenvalue weighted by Crippen LogP contribution is -2.43. The molecule has 0 saturated carbocycles. The van der Waals surface area contributed by atoms with Crippen molar-refractivity contribution in [1.82, 2.24) is 10.6 Å². The van der Waals surface area contributed by atoms with E-state index in [1.54, 1.807) is 0 Å². The van der Waals surface area contributed by atoms with E-state index in [9.17, 15) is 14.4 Å². The molecular weight excluding hydrogens is 342 g/mol. The van der Waals surface area contributed by atoms with Crippen LogP contribution in [-0.4, -0.2) is 30.8 Å². The number of carbonyl (C=O) groups is 3. The predicted octanol–water partition coefficient (Wildman–Crippen LogP) is 3.68. The van der Waals surface area contributed by atoms with Crippen LogP contribution in [-0.2, 0) is 14.4 Å². The Balaban J connectivity index is 0. The van der Waals surface area contributed by atoms with Gasteiger partial charge in [0.1, 0.15) is 0 Å². The molecule has 0 unspecified atom stereocenters. The summed E-state index contributed by atoms with van der Waals surface area (Å²) < 4.78 is 0. The van der Waals surface area contributed by atoms with Crippen LogP contribution in [0.4, 0.5) is 0 Å². The standard InChI is InChI=1S/C16H31N3O3.C5H12/c1-2-3-4-5-6-7-8-9-10-11-12-18-15(21)16(22)19-13-14(17)20;1-4-5(2)3/h2-13H2,1H3,(H2,17,20)(H,18,21)(H,19,22);5H,4H2,1-3H3. The van der Waals surface area contributed by atoms with Gasteiger partial charge in [0.05, 0.1) is 6.54 Å². The Morgan fingerprint density at radius 3 is 1.56 bits per heavy atom. The maximum atomic E-state index is 11.3. The Labute approximate surface area is 166 Å². The number of nitrogens with two attached hydrogens (primary N) is 1. The number of hydrogen-bond acceptors (Lipinski definition) is 3. The highest BCUT2D eigenvalue weighted by Gasteiger charge is 2.12. The molecule has 6 nitrogen and oxygen atoms in total. The van der Waals surface area contributed by atoms with Gasteiger partial charge in [0.2, 0.25) is 5.91 Å². The Morgan fingerprint density at radius 1 is 0.741 bits per heavy atom. The predicted molar refractivity (Wildman–Crippen MR) is 112 cm³/mol. The zero-order valence-corrected chi connectivity index (χ0v) is 18.1. The fourth-order valence-corrected chi connectivity index (χ4v) is 2.14. The van der Waals surface area contributed by atoms with Crippen LogP contribution < -0.4 is 16.4 Å². The summed E-state index contributed by atoms with van der Waals surface area (Å²) in [5, 5.41) is 4.67. The molecule has 4 N–H and O–H groups in total. The van der Waals surface area contributed by atoms with Gasteiger partial charge in [-0.1, -0.05) is 91.9 Å². The molecule has 0 aromatic heterocycles. The molecule has 0 spiro atoms. The molecule has 160 valence electrons. The Hall–Kier alpha value is -1.59. The first kappa shape index (κ1) is 27.6. The van der Waals surface area contributed by atoms with Gasteiger partial charge in [-0.25, -0.2) is 0 Å². The third kappa shape index (κ3) is 24.4. The highest BCUT2D eigenvalue weighted by atomic mass is 16.2. The maximum Gasteiger partial charge on any atom is 0.309 e. The largest absolute Gasteiger partial charge is 0.368 e. The van der Waals surface area contributed by atoms with E-state index in [1.807, 2.05) is 0 Å². The molecule has 0 aromatic carbocycles. The molecule has 0 saturated heterocycles. The topological polar surface area (TPSA) is 101 Å². The van der Waals surface area contributed by atoms with Gasteiger partial charge in [0, 0.05) is 6.54 Å². The number of rotatable bonds is 14. The minimum absolute atomic E-state index is 0.315. The second-order valence-electron chi connectivity index (χ2n) is 7.39. The zero-order valence-electron chi connectivity index (χ0n) is 18.1. The van der Waals surface area contributed by atoms with Crippen LogP contribution in [0.3, 0.4) is 0 Å². The second kappa shape index (κ2) is 20.7. The van der Waals surface area contributed by atoms with Gasteiger partial charge in [-0.05, 0) is 12.3 Å². The molecule has 0 aromatic rings. The van der Waals surface area contributed by atoms with Crippen molar-refractivity contribution in [3.05, 3.63) is 0 Å². The molecule has 0 aliphatic heterocycles. The lowest BCUT2D eigenvalue weighted by Gasteiger charge is -2.05. The van der Waals surface area contributed by atoms with Gasteiger partial charge in [-0.15, -0.1) is 0 Å². The van der Waals surface area contributed by atoms with Crippen LogP contribution in [0.2, 0.25) is 0 Å². The summed E-state index contributed by atoms with van der Waals surface area (Å²) in [4.78, 5) is 33.0. The Morgan fingerprint density at radius 2 is 1.15 bits per heavy atom. The minimum Gasteiger partial charge on any atom is -0.368 e. The normalized spacial score (nSPS) is 10.1. The van der Waals surface area contributed by atoms with E-state index < -0.39 is 17.7 Å². The third-order valence-electron chi connectivity index (χ3n) is 4.26. The van der Waals surface area contributed by atoms with Crippen molar-refractivity contribution in [2.75, 3.05) is 13.1 Å². The molecule has 0 heterocycles. The van der Waals surface area contributed by atoms with Gasteiger partial charge in [0.15, 0.2) is 0 Å². The monoisotopic (exact) mass is 385 g/mol. The molecule has 0 aliphatic rings. The van der Waals surface area contributed by atoms with E-state index in [4.69, 9.17) is 5.73 Å². The summed E-state index contributed by atoms with van der Waals surface area (Å²) in [5.41, 5.74) is 4.87. The summed E-state index contributed by atoms with van der Waals surface area (Å²) in [6.45, 7) is 9.04. The molecule has 0 radical (unpaired) electrons. The number of carbonyl (C=O) groups excluding carboxylic acids is 3. The summed E-state index contributed by atoms with van der Waals surface area (Å²) in [6.07, 6.45) is 13.5. The molecular formula is C21H43N3O3. The van der Waals surface area contributed by atoms with E-state index in [0.29, 0.717) is 6.54 Å². The molecule has 0 fully saturated rings. The van der Waals surface area contributed by atoms with Crippen LogP contribution in [0.25, 0.3) is 0 Å². The molecule has 0 aliphatic carbocycles. The number of unbranched alkanes of at least 4 members (excludes halogenated alkanes) is 9. The first-order valence-corrected chi connectivity index (χ1v) is 10.7. The minimum atomic E-state index is -0.814. The lowest BCUT2D eigenvalue weighted by molar-refractivity contribution is -0.139. The Kier molecular flexibility index (Phi) is 21.2. The summed E-state index contributed by atoms with van der Waals surface area (Å²) >= 11 is 0. The summed E-state index contributed by atoms with van der Waals surface area (Å²) in [6, 6.07) is 0. The maximum absolute atomic E-state index is 11.3. The van der Waals surface area contributed by atoms with Crippen LogP contribution in [0.1, 0.15) is 98.3 Å².